The van der Waals surface area contributed by atoms with Gasteiger partial charge in [0.05, 0.1) is 63.0 Å². The lowest BCUT2D eigenvalue weighted by molar-refractivity contribution is -0.121. The second-order valence-corrected chi connectivity index (χ2v) is 37.4. The molecule has 29 heteroatoms. The molecule has 1 amide bonds. The number of furan rings is 1. The van der Waals surface area contributed by atoms with Crippen LogP contribution in [0.5, 0.6) is 28.7 Å². The zero-order valence-corrected chi connectivity index (χ0v) is 79.3. The Hall–Kier alpha value is -9.34. The van der Waals surface area contributed by atoms with E-state index in [1.807, 2.05) is 89.6 Å². The third kappa shape index (κ3) is 34.9. The molecule has 6 aromatic carbocycles. The molecule has 5 saturated heterocycles. The van der Waals surface area contributed by atoms with Crippen molar-refractivity contribution in [2.24, 2.45) is 0 Å². The highest BCUT2D eigenvalue weighted by molar-refractivity contribution is 9.10. The first-order valence-corrected chi connectivity index (χ1v) is 48.4. The van der Waals surface area contributed by atoms with Gasteiger partial charge in [-0.25, -0.2) is 14.5 Å². The minimum atomic E-state index is -0.683. The monoisotopic (exact) mass is 1830 g/mol. The average Bonchev–Trinajstić information content (AvgIpc) is 1.60. The van der Waals surface area contributed by atoms with Crippen LogP contribution >= 0.6 is 15.9 Å². The zero-order valence-electron chi connectivity index (χ0n) is 76.6. The van der Waals surface area contributed by atoms with E-state index in [1.54, 1.807) is 59.0 Å². The van der Waals surface area contributed by atoms with Crippen LogP contribution in [0.3, 0.4) is 0 Å². The number of likely N-dealkylation sites (tertiary alicyclic amines) is 4. The van der Waals surface area contributed by atoms with Gasteiger partial charge in [0.25, 0.3) is 0 Å². The molecule has 0 radical (unpaired) electrons. The average molecular weight is 1830 g/mol. The standard InChI is InChI=1S/C26H30N8O3.C15H23NO3.C15H23NO2.C14H21NO2.C13H15NO3.C9H11BrO2.C6H16Si/c1-35-15-16-36-20-6-4-18(5-7-20)19-8-10-32(11-9-19)12-13-33-24-21(17-28-33)25-29-23(22-3-2-14-37-22)31-34(25)26(27)30-24;1-16-9-7-15(17,8-10-16)13-3-5-14(6-4-13)19-12-11-18-2;1-16-9-7-14(8-10-16)13-3-5-15(6-4-13)18-12-11-17-2;1-16-10-11-17-14-4-2-12(3-5-14)13-6-8-15-9-7-13;15-12-6-8-14(9-7-12)13(16)17-10-11-4-2-1-3-5-11;1-11-6-7-12-9-4-2-8(10)3-5-9;1-4-7(5-2)6-3/h2-7,14,17,19H,8-13,15-16H2,1H3,(H2,27,30);3-6,17H,7-12H2,1-2H3;3-6,14H,7-12H2,1-2H3;2-5,13,15H,6-11H2,1H3;1-5H,6-10H2;2-5H,6-7H2,1H3;7H,4-6H2,1-3H3. The number of nitrogen functional groups attached to an aromatic ring is 1. The number of carbonyl (C=O) groups excluding carboxylic acids is 2. The molecular weight excluding hydrogens is 1690 g/mol. The van der Waals surface area contributed by atoms with Crippen molar-refractivity contribution in [3.8, 4) is 40.3 Å². The van der Waals surface area contributed by atoms with Crippen molar-refractivity contribution in [1.29, 1.82) is 0 Å². The number of nitrogens with zero attached hydrogens (tertiary/aromatic N) is 10. The second kappa shape index (κ2) is 56.9. The maximum Gasteiger partial charge on any atom is 0.410 e. The highest BCUT2D eigenvalue weighted by Crippen LogP contribution is 2.35. The molecule has 5 fully saturated rings. The summed E-state index contributed by atoms with van der Waals surface area (Å²) in [6.07, 6.45) is 12.8. The summed E-state index contributed by atoms with van der Waals surface area (Å²) in [5.41, 5.74) is 13.1. The first kappa shape index (κ1) is 101. The van der Waals surface area contributed by atoms with Crippen LogP contribution in [-0.4, -0.2) is 262 Å². The van der Waals surface area contributed by atoms with Crippen molar-refractivity contribution in [3.63, 3.8) is 0 Å². The summed E-state index contributed by atoms with van der Waals surface area (Å²) < 4.78 is 67.5. The molecule has 10 aromatic rings. The number of aromatic nitrogens is 6. The van der Waals surface area contributed by atoms with Gasteiger partial charge in [0.15, 0.2) is 17.1 Å². The number of fused-ring (bicyclic) bond motifs is 3. The Balaban J connectivity index is 0.000000177. The van der Waals surface area contributed by atoms with Crippen LogP contribution in [0, 0.1) is 0 Å². The van der Waals surface area contributed by atoms with E-state index in [2.05, 4.69) is 164 Å². The number of piperidine rings is 5. The van der Waals surface area contributed by atoms with E-state index >= 15 is 0 Å². The fraction of sp³-hybridized carbons (Fsp3) is 0.510. The summed E-state index contributed by atoms with van der Waals surface area (Å²) in [7, 11) is 12.5. The number of aliphatic hydroxyl groups is 1. The number of hydrogen-bond acceptors (Lipinski definition) is 24. The van der Waals surface area contributed by atoms with Crippen LogP contribution in [0.15, 0.2) is 185 Å². The van der Waals surface area contributed by atoms with Crippen LogP contribution in [-0.2, 0) is 52.0 Å². The number of ketones is 1. The number of Topliss-reactive ketones (excluding diaryl/α,β-unsaturated/α-hetero) is 1. The van der Waals surface area contributed by atoms with Gasteiger partial charge >= 0.3 is 6.09 Å². The molecule has 15 rings (SSSR count). The molecule has 0 atom stereocenters. The Kier molecular flexibility index (Phi) is 45.4. The highest BCUT2D eigenvalue weighted by atomic mass is 79.9. The molecule has 27 nitrogen and oxygen atoms in total. The molecule has 5 aliphatic rings. The normalized spacial score (nSPS) is 15.7. The zero-order chi connectivity index (χ0) is 90.2. The lowest BCUT2D eigenvalue weighted by atomic mass is 9.84. The Labute approximate surface area is 762 Å². The molecular formula is C98H139BrN12O15Si. The van der Waals surface area contributed by atoms with Crippen LogP contribution in [0.4, 0.5) is 10.7 Å². The second-order valence-electron chi connectivity index (χ2n) is 32.3. The number of ether oxygens (including phenoxy) is 11. The number of methoxy groups -OCH3 is 5. The van der Waals surface area contributed by atoms with Gasteiger partial charge in [-0.2, -0.15) is 14.6 Å². The van der Waals surface area contributed by atoms with Gasteiger partial charge in [-0.3, -0.25) is 4.79 Å². The maximum absolute atomic E-state index is 11.7. The van der Waals surface area contributed by atoms with Crippen molar-refractivity contribution in [1.82, 2.24) is 54.3 Å². The van der Waals surface area contributed by atoms with Crippen molar-refractivity contribution >= 4 is 59.2 Å². The lowest BCUT2D eigenvalue weighted by Gasteiger charge is -2.37. The third-order valence-corrected chi connectivity index (χ3v) is 27.5. The molecule has 0 unspecified atom stereocenters. The summed E-state index contributed by atoms with van der Waals surface area (Å²) in [6.45, 7) is 24.5. The lowest BCUT2D eigenvalue weighted by Crippen LogP contribution is -2.40. The molecule has 4 aromatic heterocycles. The maximum atomic E-state index is 11.7. The quantitative estimate of drug-likeness (QED) is 0.0254. The van der Waals surface area contributed by atoms with E-state index in [9.17, 15) is 14.7 Å². The van der Waals surface area contributed by atoms with Gasteiger partial charge in [0.2, 0.25) is 11.8 Å². The number of rotatable bonds is 33. The van der Waals surface area contributed by atoms with E-state index in [0.29, 0.717) is 133 Å². The number of halogens is 1. The van der Waals surface area contributed by atoms with E-state index < -0.39 is 5.60 Å². The van der Waals surface area contributed by atoms with Crippen LogP contribution in [0.1, 0.15) is 131 Å². The Morgan fingerprint density at radius 2 is 0.969 bits per heavy atom. The molecule has 4 N–H and O–H groups in total. The summed E-state index contributed by atoms with van der Waals surface area (Å²) in [5, 5.41) is 23.9. The smallest absolute Gasteiger partial charge is 0.410 e. The predicted molar refractivity (Wildman–Crippen MR) is 507 cm³/mol. The summed E-state index contributed by atoms with van der Waals surface area (Å²) in [5.74, 6) is 7.98. The summed E-state index contributed by atoms with van der Waals surface area (Å²) in [4.78, 5) is 40.6. The minimum Gasteiger partial charge on any atom is -0.491 e. The molecule has 0 spiro atoms. The van der Waals surface area contributed by atoms with E-state index in [0.717, 1.165) is 128 Å². The van der Waals surface area contributed by atoms with Gasteiger partial charge in [0, 0.05) is 94.4 Å². The first-order valence-electron chi connectivity index (χ1n) is 45.1. The van der Waals surface area contributed by atoms with Crippen molar-refractivity contribution < 1.29 is 71.2 Å². The molecule has 0 saturated carbocycles. The Morgan fingerprint density at radius 1 is 0.528 bits per heavy atom. The van der Waals surface area contributed by atoms with E-state index in [4.69, 9.17) is 62.3 Å². The summed E-state index contributed by atoms with van der Waals surface area (Å²) >= 11 is 3.35. The van der Waals surface area contributed by atoms with Gasteiger partial charge in [-0.15, -0.1) is 5.10 Å². The number of anilines is 1. The van der Waals surface area contributed by atoms with Gasteiger partial charge < -0.3 is 92.3 Å². The molecule has 0 bridgehead atoms. The Morgan fingerprint density at radius 3 is 1.41 bits per heavy atom. The number of benzene rings is 6. The van der Waals surface area contributed by atoms with E-state index in [-0.39, 0.29) is 33.2 Å². The number of nitrogens with one attached hydrogen (secondary N) is 1. The SMILES string of the molecule is CC[SiH](CC)CC.COCCOc1ccc(Br)cc1.COCCOc1ccc(C2(O)CCN(C)CC2)cc1.COCCOc1ccc(C2CCN(C)CC2)cc1.COCCOc1ccc(C2CCN(CCn3ncc4c3nc(N)n3nc(-c5ccco5)nc43)CC2)cc1.COCCOc1ccc(C2CCNCC2)cc1.O=C1CCN(C(=O)OCc2ccccc2)CC1. The fourth-order valence-corrected chi connectivity index (χ4v) is 17.4. The van der Waals surface area contributed by atoms with Crippen molar-refractivity contribution in [2.45, 2.75) is 140 Å². The molecule has 5 aliphatic heterocycles. The topological polar surface area (TPSA) is 281 Å². The highest BCUT2D eigenvalue weighted by Gasteiger charge is 2.33. The van der Waals surface area contributed by atoms with E-state index in [1.165, 1.54) is 78.1 Å². The number of carbonyl (C=O) groups is 2. The minimum absolute atomic E-state index is 0.171. The van der Waals surface area contributed by atoms with Crippen molar-refractivity contribution in [2.75, 3.05) is 193 Å². The van der Waals surface area contributed by atoms with Gasteiger partial charge in [-0.1, -0.05) is 134 Å². The molecule has 692 valence electrons. The largest absolute Gasteiger partial charge is 0.491 e. The third-order valence-electron chi connectivity index (χ3n) is 23.5. The fourth-order valence-electron chi connectivity index (χ4n) is 15.4. The van der Waals surface area contributed by atoms with Crippen LogP contribution < -0.4 is 34.7 Å². The van der Waals surface area contributed by atoms with Crippen LogP contribution in [0.25, 0.3) is 28.3 Å². The number of amides is 1. The Bertz CT molecular complexity index is 4610. The number of nitrogens with two attached hydrogens (primary N) is 1. The molecule has 0 aliphatic carbocycles. The predicted octanol–water partition coefficient (Wildman–Crippen LogP) is 16.3. The number of hydrogen-bond donors (Lipinski definition) is 3. The van der Waals surface area contributed by atoms with Gasteiger partial charge in [-0.05, 0) is 235 Å². The first-order chi connectivity index (χ1) is 61.9. The molecule has 127 heavy (non-hydrogen) atoms. The molecule has 9 heterocycles. The van der Waals surface area contributed by atoms with Crippen LogP contribution in [0.2, 0.25) is 18.1 Å². The van der Waals surface area contributed by atoms with Gasteiger partial charge in [0.1, 0.15) is 74.2 Å². The summed E-state index contributed by atoms with van der Waals surface area (Å²) in [6, 6.07) is 58.7. The van der Waals surface area contributed by atoms with Crippen molar-refractivity contribution in [3.05, 3.63) is 209 Å².